The van der Waals surface area contributed by atoms with Crippen LogP contribution in [-0.2, 0) is 19.0 Å². The zero-order valence-electron chi connectivity index (χ0n) is 8.93. The standard InChI is InChI=1S/C11H12BrN3O/c1-15-5-4-10(14-15)8-16-11-3-2-9(6-12)13-7-11/h2-5,7H,6,8H2,1H3. The summed E-state index contributed by atoms with van der Waals surface area (Å²) in [6.07, 6.45) is 3.62. The van der Waals surface area contributed by atoms with E-state index in [2.05, 4.69) is 26.0 Å². The van der Waals surface area contributed by atoms with Crippen molar-refractivity contribution in [3.63, 3.8) is 0 Å². The van der Waals surface area contributed by atoms with E-state index >= 15 is 0 Å². The molecule has 2 rings (SSSR count). The van der Waals surface area contributed by atoms with Gasteiger partial charge in [-0.15, -0.1) is 0 Å². The molecule has 0 aromatic carbocycles. The minimum Gasteiger partial charge on any atom is -0.486 e. The molecule has 0 saturated heterocycles. The molecule has 5 heteroatoms. The Morgan fingerprint density at radius 3 is 2.75 bits per heavy atom. The Hall–Kier alpha value is -1.36. The summed E-state index contributed by atoms with van der Waals surface area (Å²) in [5, 5.41) is 4.98. The normalized spacial score (nSPS) is 10.4. The third kappa shape index (κ3) is 2.82. The van der Waals surface area contributed by atoms with Crippen molar-refractivity contribution in [1.29, 1.82) is 0 Å². The molecule has 4 nitrogen and oxygen atoms in total. The zero-order chi connectivity index (χ0) is 11.4. The number of hydrogen-bond donors (Lipinski definition) is 0. The molecule has 0 amide bonds. The number of aromatic nitrogens is 3. The molecular formula is C11H12BrN3O. The Balaban J connectivity index is 1.94. The van der Waals surface area contributed by atoms with Gasteiger partial charge in [-0.05, 0) is 18.2 Å². The lowest BCUT2D eigenvalue weighted by molar-refractivity contribution is 0.298. The van der Waals surface area contributed by atoms with Gasteiger partial charge in [-0.25, -0.2) is 0 Å². The van der Waals surface area contributed by atoms with Gasteiger partial charge in [0.05, 0.1) is 17.6 Å². The highest BCUT2D eigenvalue weighted by Gasteiger charge is 1.99. The summed E-state index contributed by atoms with van der Waals surface area (Å²) in [6.45, 7) is 0.468. The first kappa shape index (κ1) is 11.1. The fraction of sp³-hybridized carbons (Fsp3) is 0.273. The second kappa shape index (κ2) is 5.12. The third-order valence-corrected chi connectivity index (χ3v) is 2.66. The SMILES string of the molecule is Cn1ccc(COc2ccc(CBr)nc2)n1. The van der Waals surface area contributed by atoms with Gasteiger partial charge in [-0.3, -0.25) is 9.67 Å². The number of pyridine rings is 1. The summed E-state index contributed by atoms with van der Waals surface area (Å²) in [4.78, 5) is 4.22. The van der Waals surface area contributed by atoms with Gasteiger partial charge in [-0.1, -0.05) is 15.9 Å². The van der Waals surface area contributed by atoms with Crippen molar-refractivity contribution in [3.05, 3.63) is 42.0 Å². The van der Waals surface area contributed by atoms with Gasteiger partial charge < -0.3 is 4.74 Å². The molecule has 0 spiro atoms. The van der Waals surface area contributed by atoms with Crippen LogP contribution in [-0.4, -0.2) is 14.8 Å². The first-order valence-electron chi connectivity index (χ1n) is 4.90. The highest BCUT2D eigenvalue weighted by atomic mass is 79.9. The van der Waals surface area contributed by atoms with Gasteiger partial charge in [-0.2, -0.15) is 5.10 Å². The number of rotatable bonds is 4. The van der Waals surface area contributed by atoms with Gasteiger partial charge in [0.25, 0.3) is 0 Å². The summed E-state index contributed by atoms with van der Waals surface area (Å²) in [6, 6.07) is 5.77. The lowest BCUT2D eigenvalue weighted by Crippen LogP contribution is -1.98. The van der Waals surface area contributed by atoms with Crippen LogP contribution in [0, 0.1) is 0 Å². The zero-order valence-corrected chi connectivity index (χ0v) is 10.5. The highest BCUT2D eigenvalue weighted by Crippen LogP contribution is 2.12. The van der Waals surface area contributed by atoms with Crippen LogP contribution < -0.4 is 4.74 Å². The van der Waals surface area contributed by atoms with E-state index < -0.39 is 0 Å². The second-order valence-corrected chi connectivity index (χ2v) is 3.95. The van der Waals surface area contributed by atoms with Crippen LogP contribution >= 0.6 is 15.9 Å². The van der Waals surface area contributed by atoms with E-state index in [1.807, 2.05) is 31.4 Å². The Morgan fingerprint density at radius 1 is 1.31 bits per heavy atom. The molecule has 0 atom stereocenters. The summed E-state index contributed by atoms with van der Waals surface area (Å²) in [5.74, 6) is 0.760. The minimum absolute atomic E-state index is 0.468. The third-order valence-electron chi connectivity index (χ3n) is 2.09. The molecular weight excluding hydrogens is 270 g/mol. The van der Waals surface area contributed by atoms with Crippen LogP contribution in [0.5, 0.6) is 5.75 Å². The molecule has 2 aromatic rings. The predicted molar refractivity (Wildman–Crippen MR) is 64.4 cm³/mol. The van der Waals surface area contributed by atoms with E-state index in [0.717, 1.165) is 22.5 Å². The van der Waals surface area contributed by atoms with Gasteiger partial charge in [0.2, 0.25) is 0 Å². The van der Waals surface area contributed by atoms with Crippen molar-refractivity contribution in [2.24, 2.45) is 7.05 Å². The van der Waals surface area contributed by atoms with Crippen LogP contribution in [0.2, 0.25) is 0 Å². The quantitative estimate of drug-likeness (QED) is 0.808. The minimum atomic E-state index is 0.468. The van der Waals surface area contributed by atoms with Crippen LogP contribution in [0.1, 0.15) is 11.4 Å². The summed E-state index contributed by atoms with van der Waals surface area (Å²) in [7, 11) is 1.88. The highest BCUT2D eigenvalue weighted by molar-refractivity contribution is 9.08. The topological polar surface area (TPSA) is 39.9 Å². The van der Waals surface area contributed by atoms with Crippen LogP contribution in [0.4, 0.5) is 0 Å². The number of ether oxygens (including phenoxy) is 1. The molecule has 0 fully saturated rings. The van der Waals surface area contributed by atoms with Crippen molar-refractivity contribution >= 4 is 15.9 Å². The van der Waals surface area contributed by atoms with Crippen LogP contribution in [0.15, 0.2) is 30.6 Å². The van der Waals surface area contributed by atoms with Gasteiger partial charge in [0, 0.05) is 18.6 Å². The molecule has 2 aromatic heterocycles. The molecule has 0 saturated carbocycles. The largest absolute Gasteiger partial charge is 0.486 e. The Labute approximate surface area is 102 Å². The molecule has 0 unspecified atom stereocenters. The fourth-order valence-electron chi connectivity index (χ4n) is 1.27. The average Bonchev–Trinajstić information content (AvgIpc) is 2.73. The molecule has 2 heterocycles. The maximum atomic E-state index is 5.55. The van der Waals surface area contributed by atoms with Crippen molar-refractivity contribution in [1.82, 2.24) is 14.8 Å². The van der Waals surface area contributed by atoms with Gasteiger partial charge >= 0.3 is 0 Å². The summed E-state index contributed by atoms with van der Waals surface area (Å²) < 4.78 is 7.31. The first-order chi connectivity index (χ1) is 7.78. The molecule has 16 heavy (non-hydrogen) atoms. The van der Waals surface area contributed by atoms with E-state index in [1.165, 1.54) is 0 Å². The van der Waals surface area contributed by atoms with E-state index in [1.54, 1.807) is 10.9 Å². The van der Waals surface area contributed by atoms with E-state index in [0.29, 0.717) is 6.61 Å². The van der Waals surface area contributed by atoms with E-state index in [4.69, 9.17) is 4.74 Å². The van der Waals surface area contributed by atoms with Crippen molar-refractivity contribution in [2.75, 3.05) is 0 Å². The van der Waals surface area contributed by atoms with Gasteiger partial charge in [0.15, 0.2) is 0 Å². The van der Waals surface area contributed by atoms with Crippen molar-refractivity contribution < 1.29 is 4.74 Å². The molecule has 0 aliphatic rings. The lowest BCUT2D eigenvalue weighted by atomic mass is 10.4. The summed E-state index contributed by atoms with van der Waals surface area (Å²) in [5.41, 5.74) is 1.90. The van der Waals surface area contributed by atoms with Crippen LogP contribution in [0.3, 0.4) is 0 Å². The first-order valence-corrected chi connectivity index (χ1v) is 6.02. The maximum Gasteiger partial charge on any atom is 0.138 e. The molecule has 0 radical (unpaired) electrons. The second-order valence-electron chi connectivity index (χ2n) is 3.39. The average molecular weight is 282 g/mol. The smallest absolute Gasteiger partial charge is 0.138 e. The number of nitrogens with zero attached hydrogens (tertiary/aromatic N) is 3. The molecule has 0 aliphatic heterocycles. The van der Waals surface area contributed by atoms with Crippen LogP contribution in [0.25, 0.3) is 0 Å². The van der Waals surface area contributed by atoms with E-state index in [-0.39, 0.29) is 0 Å². The Bertz CT molecular complexity index is 453. The lowest BCUT2D eigenvalue weighted by Gasteiger charge is -2.03. The molecule has 0 N–H and O–H groups in total. The number of halogens is 1. The number of alkyl halides is 1. The van der Waals surface area contributed by atoms with Gasteiger partial charge in [0.1, 0.15) is 12.4 Å². The maximum absolute atomic E-state index is 5.55. The fourth-order valence-corrected chi connectivity index (χ4v) is 1.60. The molecule has 0 aliphatic carbocycles. The predicted octanol–water partition coefficient (Wildman–Crippen LogP) is 2.29. The Morgan fingerprint density at radius 2 is 2.19 bits per heavy atom. The van der Waals surface area contributed by atoms with E-state index in [9.17, 15) is 0 Å². The number of aryl methyl sites for hydroxylation is 1. The van der Waals surface area contributed by atoms with Crippen molar-refractivity contribution in [2.45, 2.75) is 11.9 Å². The van der Waals surface area contributed by atoms with Crippen molar-refractivity contribution in [3.8, 4) is 5.75 Å². The molecule has 0 bridgehead atoms. The monoisotopic (exact) mass is 281 g/mol. The Kier molecular flexibility index (Phi) is 3.56. The number of hydrogen-bond acceptors (Lipinski definition) is 3. The molecule has 84 valence electrons. The summed E-state index contributed by atoms with van der Waals surface area (Å²) >= 11 is 3.34.